The first-order chi connectivity index (χ1) is 7.04. The first kappa shape index (κ1) is 12.3. The van der Waals surface area contributed by atoms with Crippen molar-refractivity contribution in [2.75, 3.05) is 12.8 Å². The Kier molecular flexibility index (Phi) is 4.36. The first-order valence-electron chi connectivity index (χ1n) is 5.12. The summed E-state index contributed by atoms with van der Waals surface area (Å²) in [4.78, 5) is 4.06. The molecule has 0 aliphatic heterocycles. The van der Waals surface area contributed by atoms with Gasteiger partial charge < -0.3 is 11.1 Å². The maximum atomic E-state index is 5.90. The van der Waals surface area contributed by atoms with Crippen LogP contribution in [0.2, 0.25) is 5.02 Å². The Labute approximate surface area is 96.0 Å². The fourth-order valence-corrected chi connectivity index (χ4v) is 1.80. The summed E-state index contributed by atoms with van der Waals surface area (Å²) in [6, 6.07) is 2.36. The van der Waals surface area contributed by atoms with Crippen molar-refractivity contribution in [2.45, 2.75) is 32.2 Å². The molecule has 0 aromatic carbocycles. The Morgan fingerprint density at radius 2 is 2.20 bits per heavy atom. The number of halogens is 1. The second kappa shape index (κ2) is 5.33. The molecule has 3 N–H and O–H groups in total. The predicted molar refractivity (Wildman–Crippen MR) is 65.2 cm³/mol. The molecule has 3 nitrogen and oxygen atoms in total. The van der Waals surface area contributed by atoms with Crippen LogP contribution in [0, 0.1) is 0 Å². The van der Waals surface area contributed by atoms with Crippen molar-refractivity contribution in [2.24, 2.45) is 0 Å². The highest BCUT2D eigenvalue weighted by atomic mass is 35.5. The first-order valence-corrected chi connectivity index (χ1v) is 5.50. The molecule has 0 saturated carbocycles. The smallest absolute Gasteiger partial charge is 0.126 e. The Hall–Kier alpha value is -0.800. The van der Waals surface area contributed by atoms with Crippen molar-refractivity contribution in [1.82, 2.24) is 10.3 Å². The van der Waals surface area contributed by atoms with Crippen LogP contribution < -0.4 is 11.1 Å². The molecule has 0 aliphatic carbocycles. The van der Waals surface area contributed by atoms with E-state index in [-0.39, 0.29) is 0 Å². The van der Waals surface area contributed by atoms with Gasteiger partial charge in [-0.1, -0.05) is 18.5 Å². The molecule has 84 valence electrons. The van der Waals surface area contributed by atoms with Crippen LogP contribution in [0.25, 0.3) is 0 Å². The lowest BCUT2D eigenvalue weighted by Gasteiger charge is -2.18. The van der Waals surface area contributed by atoms with Gasteiger partial charge in [-0.2, -0.15) is 0 Å². The summed E-state index contributed by atoms with van der Waals surface area (Å²) in [7, 11) is 1.96. The lowest BCUT2D eigenvalue weighted by atomic mass is 9.95. The molecule has 0 radical (unpaired) electrons. The van der Waals surface area contributed by atoms with Crippen LogP contribution in [0.5, 0.6) is 0 Å². The normalized spacial score (nSPS) is 14.9. The summed E-state index contributed by atoms with van der Waals surface area (Å²) in [5, 5.41) is 3.85. The fourth-order valence-electron chi connectivity index (χ4n) is 1.64. The predicted octanol–water partition coefficient (Wildman–Crippen LogP) is 2.42. The lowest BCUT2D eigenvalue weighted by Crippen LogP contribution is -2.23. The van der Waals surface area contributed by atoms with Crippen molar-refractivity contribution < 1.29 is 0 Å². The number of nitrogens with one attached hydrogen (secondary N) is 1. The van der Waals surface area contributed by atoms with Crippen molar-refractivity contribution in [3.63, 3.8) is 0 Å². The Bertz CT molecular complexity index is 328. The number of anilines is 1. The molecular formula is C11H18ClN3. The molecule has 1 rings (SSSR count). The molecule has 0 amide bonds. The van der Waals surface area contributed by atoms with E-state index in [1.54, 1.807) is 6.20 Å². The molecule has 2 unspecified atom stereocenters. The van der Waals surface area contributed by atoms with E-state index in [9.17, 15) is 0 Å². The number of hydrogen-bond donors (Lipinski definition) is 2. The third-order valence-electron chi connectivity index (χ3n) is 2.65. The van der Waals surface area contributed by atoms with Gasteiger partial charge in [-0.25, -0.2) is 4.98 Å². The summed E-state index contributed by atoms with van der Waals surface area (Å²) in [5.74, 6) is 0.939. The van der Waals surface area contributed by atoms with Gasteiger partial charge in [0.2, 0.25) is 0 Å². The standard InChI is InChI=1S/C11H18ClN3/c1-7(4-8(2)14-3)10-5-9(12)6-15-11(10)13/h5-8,14H,4H2,1-3H3,(H2,13,15). The minimum absolute atomic E-state index is 0.360. The molecule has 0 fully saturated rings. The molecule has 0 spiro atoms. The van der Waals surface area contributed by atoms with Crippen LogP contribution in [0.3, 0.4) is 0 Å². The fraction of sp³-hybridized carbons (Fsp3) is 0.545. The van der Waals surface area contributed by atoms with Crippen LogP contribution in [0.1, 0.15) is 31.7 Å². The van der Waals surface area contributed by atoms with E-state index in [2.05, 4.69) is 24.1 Å². The summed E-state index contributed by atoms with van der Waals surface area (Å²) in [6.07, 6.45) is 2.59. The summed E-state index contributed by atoms with van der Waals surface area (Å²) >= 11 is 5.90. The van der Waals surface area contributed by atoms with Crippen molar-refractivity contribution in [1.29, 1.82) is 0 Å². The summed E-state index contributed by atoms with van der Waals surface area (Å²) in [6.45, 7) is 4.28. The van der Waals surface area contributed by atoms with Gasteiger partial charge in [0.05, 0.1) is 5.02 Å². The molecule has 15 heavy (non-hydrogen) atoms. The van der Waals surface area contributed by atoms with Crippen molar-refractivity contribution in [3.8, 4) is 0 Å². The van der Waals surface area contributed by atoms with E-state index in [0.717, 1.165) is 12.0 Å². The minimum Gasteiger partial charge on any atom is -0.383 e. The van der Waals surface area contributed by atoms with Gasteiger partial charge in [-0.15, -0.1) is 0 Å². The average Bonchev–Trinajstić information content (AvgIpc) is 2.21. The minimum atomic E-state index is 0.360. The van der Waals surface area contributed by atoms with Gasteiger partial charge in [0.25, 0.3) is 0 Å². The number of rotatable bonds is 4. The van der Waals surface area contributed by atoms with Gasteiger partial charge in [0.15, 0.2) is 0 Å². The van der Waals surface area contributed by atoms with Gasteiger partial charge in [-0.05, 0) is 37.9 Å². The van der Waals surface area contributed by atoms with E-state index in [1.165, 1.54) is 0 Å². The van der Waals surface area contributed by atoms with Gasteiger partial charge in [0.1, 0.15) is 5.82 Å². The highest BCUT2D eigenvalue weighted by molar-refractivity contribution is 6.30. The second-order valence-electron chi connectivity index (χ2n) is 3.95. The number of aromatic nitrogens is 1. The van der Waals surface area contributed by atoms with Crippen molar-refractivity contribution in [3.05, 3.63) is 22.8 Å². The number of nitrogen functional groups attached to an aromatic ring is 1. The zero-order valence-corrected chi connectivity index (χ0v) is 10.2. The summed E-state index contributed by atoms with van der Waals surface area (Å²) < 4.78 is 0. The molecule has 1 heterocycles. The molecule has 0 bridgehead atoms. The lowest BCUT2D eigenvalue weighted by molar-refractivity contribution is 0.516. The van der Waals surface area contributed by atoms with Crippen LogP contribution in [-0.4, -0.2) is 18.1 Å². The van der Waals surface area contributed by atoms with E-state index in [0.29, 0.717) is 22.8 Å². The average molecular weight is 228 g/mol. The second-order valence-corrected chi connectivity index (χ2v) is 4.39. The monoisotopic (exact) mass is 227 g/mol. The highest BCUT2D eigenvalue weighted by Crippen LogP contribution is 2.26. The van der Waals surface area contributed by atoms with E-state index >= 15 is 0 Å². The molecule has 1 aromatic heterocycles. The van der Waals surface area contributed by atoms with E-state index in [1.807, 2.05) is 13.1 Å². The number of nitrogens with two attached hydrogens (primary N) is 1. The van der Waals surface area contributed by atoms with Crippen LogP contribution in [-0.2, 0) is 0 Å². The van der Waals surface area contributed by atoms with E-state index < -0.39 is 0 Å². The van der Waals surface area contributed by atoms with Crippen LogP contribution in [0.15, 0.2) is 12.3 Å². The highest BCUT2D eigenvalue weighted by Gasteiger charge is 2.13. The molecule has 0 saturated heterocycles. The SMILES string of the molecule is CNC(C)CC(C)c1cc(Cl)cnc1N. The molecule has 4 heteroatoms. The van der Waals surface area contributed by atoms with E-state index in [4.69, 9.17) is 17.3 Å². The largest absolute Gasteiger partial charge is 0.383 e. The molecule has 1 aromatic rings. The quantitative estimate of drug-likeness (QED) is 0.831. The molecular weight excluding hydrogens is 210 g/mol. The topological polar surface area (TPSA) is 50.9 Å². The van der Waals surface area contributed by atoms with Crippen molar-refractivity contribution >= 4 is 17.4 Å². The number of hydrogen-bond acceptors (Lipinski definition) is 3. The molecule has 0 aliphatic rings. The summed E-state index contributed by atoms with van der Waals surface area (Å²) in [5.41, 5.74) is 6.85. The molecule has 2 atom stereocenters. The van der Waals surface area contributed by atoms with Crippen LogP contribution >= 0.6 is 11.6 Å². The maximum absolute atomic E-state index is 5.90. The Morgan fingerprint density at radius 3 is 2.80 bits per heavy atom. The number of nitrogens with zero attached hydrogens (tertiary/aromatic N) is 1. The van der Waals surface area contributed by atoms with Crippen LogP contribution in [0.4, 0.5) is 5.82 Å². The van der Waals surface area contributed by atoms with Gasteiger partial charge >= 0.3 is 0 Å². The zero-order chi connectivity index (χ0) is 11.4. The Balaban J connectivity index is 2.80. The maximum Gasteiger partial charge on any atom is 0.126 e. The van der Waals surface area contributed by atoms with Gasteiger partial charge in [-0.3, -0.25) is 0 Å². The Morgan fingerprint density at radius 1 is 1.53 bits per heavy atom. The number of pyridine rings is 1. The van der Waals surface area contributed by atoms with Gasteiger partial charge in [0, 0.05) is 12.2 Å². The zero-order valence-electron chi connectivity index (χ0n) is 9.42. The third kappa shape index (κ3) is 3.36. The third-order valence-corrected chi connectivity index (χ3v) is 2.85.